The Morgan fingerprint density at radius 1 is 1.56 bits per heavy atom. The molecule has 1 unspecified atom stereocenters. The molecule has 100 valence electrons. The van der Waals surface area contributed by atoms with Gasteiger partial charge in [-0.05, 0) is 25.5 Å². The molecule has 2 heterocycles. The molecule has 1 saturated heterocycles. The molecule has 1 aliphatic rings. The Morgan fingerprint density at radius 2 is 2.28 bits per heavy atom. The number of thiophene rings is 1. The average molecular weight is 308 g/mol. The van der Waals surface area contributed by atoms with Gasteiger partial charge in [-0.2, -0.15) is 0 Å². The second kappa shape index (κ2) is 5.19. The van der Waals surface area contributed by atoms with Crippen LogP contribution in [0.15, 0.2) is 12.1 Å². The molecule has 4 nitrogen and oxygen atoms in total. The van der Waals surface area contributed by atoms with E-state index in [1.54, 1.807) is 17.0 Å². The van der Waals surface area contributed by atoms with Gasteiger partial charge in [0.1, 0.15) is 0 Å². The molecule has 7 heteroatoms. The molecular weight excluding hydrogens is 294 g/mol. The Balaban J connectivity index is 2.17. The van der Waals surface area contributed by atoms with Crippen molar-refractivity contribution >= 4 is 38.7 Å². The van der Waals surface area contributed by atoms with Crippen molar-refractivity contribution in [3.05, 3.63) is 21.3 Å². The van der Waals surface area contributed by atoms with E-state index in [4.69, 9.17) is 11.6 Å². The molecule has 0 radical (unpaired) electrons. The van der Waals surface area contributed by atoms with Crippen LogP contribution in [0.3, 0.4) is 0 Å². The summed E-state index contributed by atoms with van der Waals surface area (Å²) in [6, 6.07) is 3.16. The molecule has 1 atom stereocenters. The third kappa shape index (κ3) is 2.87. The van der Waals surface area contributed by atoms with Crippen LogP contribution >= 0.6 is 22.9 Å². The SMILES string of the molecule is CCN(C(=O)c1ccc(Cl)s1)C1CCS(=O)(=O)C1. The second-order valence-electron chi connectivity index (χ2n) is 4.25. The minimum absolute atomic E-state index is 0.0751. The predicted octanol–water partition coefficient (Wildman–Crippen LogP) is 2.05. The molecule has 0 saturated carbocycles. The van der Waals surface area contributed by atoms with Crippen LogP contribution in [0.4, 0.5) is 0 Å². The highest BCUT2D eigenvalue weighted by Crippen LogP contribution is 2.25. The van der Waals surface area contributed by atoms with Crippen molar-refractivity contribution in [1.29, 1.82) is 0 Å². The average Bonchev–Trinajstić information content (AvgIpc) is 2.86. The third-order valence-electron chi connectivity index (χ3n) is 3.03. The highest BCUT2D eigenvalue weighted by Gasteiger charge is 2.34. The number of hydrogen-bond acceptors (Lipinski definition) is 4. The molecule has 2 rings (SSSR count). The molecule has 1 aromatic rings. The van der Waals surface area contributed by atoms with Crippen molar-refractivity contribution in [2.75, 3.05) is 18.1 Å². The van der Waals surface area contributed by atoms with E-state index in [2.05, 4.69) is 0 Å². The van der Waals surface area contributed by atoms with E-state index in [1.165, 1.54) is 11.3 Å². The van der Waals surface area contributed by atoms with Crippen LogP contribution < -0.4 is 0 Å². The zero-order chi connectivity index (χ0) is 13.3. The number of sulfone groups is 1. The van der Waals surface area contributed by atoms with E-state index >= 15 is 0 Å². The van der Waals surface area contributed by atoms with Crippen molar-refractivity contribution in [3.63, 3.8) is 0 Å². The van der Waals surface area contributed by atoms with Crippen molar-refractivity contribution in [2.45, 2.75) is 19.4 Å². The summed E-state index contributed by atoms with van der Waals surface area (Å²) in [4.78, 5) is 14.5. The standard InChI is InChI=1S/C11H14ClNO3S2/c1-2-13(8-5-6-18(15,16)7-8)11(14)9-3-4-10(12)17-9/h3-4,8H,2,5-7H2,1H3. The smallest absolute Gasteiger partial charge is 0.264 e. The quantitative estimate of drug-likeness (QED) is 0.859. The van der Waals surface area contributed by atoms with Gasteiger partial charge in [0.2, 0.25) is 0 Å². The summed E-state index contributed by atoms with van der Waals surface area (Å²) in [5.74, 6) is 0.120. The van der Waals surface area contributed by atoms with Gasteiger partial charge in [-0.3, -0.25) is 4.79 Å². The van der Waals surface area contributed by atoms with Gasteiger partial charge in [-0.15, -0.1) is 11.3 Å². The molecule has 1 aromatic heterocycles. The summed E-state index contributed by atoms with van der Waals surface area (Å²) in [7, 11) is -2.98. The number of halogens is 1. The zero-order valence-electron chi connectivity index (χ0n) is 9.93. The molecule has 0 aliphatic carbocycles. The van der Waals surface area contributed by atoms with Gasteiger partial charge >= 0.3 is 0 Å². The largest absolute Gasteiger partial charge is 0.334 e. The first-order chi connectivity index (χ1) is 8.43. The Bertz CT molecular complexity index is 552. The van der Waals surface area contributed by atoms with Crippen LogP contribution in [-0.2, 0) is 9.84 Å². The first-order valence-electron chi connectivity index (χ1n) is 5.69. The Hall–Kier alpha value is -0.590. The normalized spacial score (nSPS) is 22.0. The molecule has 0 aromatic carbocycles. The number of carbonyl (C=O) groups excluding carboxylic acids is 1. The number of amides is 1. The molecular formula is C11H14ClNO3S2. The van der Waals surface area contributed by atoms with E-state index in [-0.39, 0.29) is 23.5 Å². The Kier molecular flexibility index (Phi) is 3.99. The summed E-state index contributed by atoms with van der Waals surface area (Å²) in [6.07, 6.45) is 0.529. The van der Waals surface area contributed by atoms with Crippen LogP contribution in [0, 0.1) is 0 Å². The maximum atomic E-state index is 12.3. The number of carbonyl (C=O) groups is 1. The minimum atomic E-state index is -2.98. The summed E-state index contributed by atoms with van der Waals surface area (Å²) < 4.78 is 23.5. The lowest BCUT2D eigenvalue weighted by atomic mass is 10.2. The van der Waals surface area contributed by atoms with E-state index in [1.807, 2.05) is 6.92 Å². The fraction of sp³-hybridized carbons (Fsp3) is 0.545. The van der Waals surface area contributed by atoms with Gasteiger partial charge in [-0.25, -0.2) is 8.42 Å². The summed E-state index contributed by atoms with van der Waals surface area (Å²) in [6.45, 7) is 2.37. The zero-order valence-corrected chi connectivity index (χ0v) is 12.3. The van der Waals surface area contributed by atoms with Crippen molar-refractivity contribution in [3.8, 4) is 0 Å². The van der Waals surface area contributed by atoms with Gasteiger partial charge in [0, 0.05) is 12.6 Å². The van der Waals surface area contributed by atoms with Gasteiger partial charge < -0.3 is 4.90 Å². The van der Waals surface area contributed by atoms with Gasteiger partial charge in [0.05, 0.1) is 20.7 Å². The topological polar surface area (TPSA) is 54.5 Å². The molecule has 18 heavy (non-hydrogen) atoms. The summed E-state index contributed by atoms with van der Waals surface area (Å²) in [5, 5.41) is 0. The number of rotatable bonds is 3. The lowest BCUT2D eigenvalue weighted by Gasteiger charge is -2.26. The number of nitrogens with zero attached hydrogens (tertiary/aromatic N) is 1. The van der Waals surface area contributed by atoms with E-state index in [9.17, 15) is 13.2 Å². The van der Waals surface area contributed by atoms with Crippen LogP contribution in [0.5, 0.6) is 0 Å². The van der Waals surface area contributed by atoms with Gasteiger partial charge in [0.15, 0.2) is 9.84 Å². The number of hydrogen-bond donors (Lipinski definition) is 0. The van der Waals surface area contributed by atoms with Crippen molar-refractivity contribution in [1.82, 2.24) is 4.90 Å². The molecule has 1 fully saturated rings. The lowest BCUT2D eigenvalue weighted by molar-refractivity contribution is 0.0713. The first kappa shape index (κ1) is 13.8. The van der Waals surface area contributed by atoms with Gasteiger partial charge in [0.25, 0.3) is 5.91 Å². The maximum Gasteiger partial charge on any atom is 0.264 e. The molecule has 0 N–H and O–H groups in total. The first-order valence-corrected chi connectivity index (χ1v) is 8.71. The van der Waals surface area contributed by atoms with Crippen LogP contribution in [0.1, 0.15) is 23.0 Å². The molecule has 0 spiro atoms. The van der Waals surface area contributed by atoms with Crippen molar-refractivity contribution in [2.24, 2.45) is 0 Å². The van der Waals surface area contributed by atoms with Gasteiger partial charge in [-0.1, -0.05) is 11.6 Å². The predicted molar refractivity (Wildman–Crippen MR) is 73.1 cm³/mol. The highest BCUT2D eigenvalue weighted by molar-refractivity contribution is 7.91. The maximum absolute atomic E-state index is 12.3. The Labute approximate surface area is 115 Å². The monoisotopic (exact) mass is 307 g/mol. The van der Waals surface area contributed by atoms with Crippen LogP contribution in [0.25, 0.3) is 0 Å². The molecule has 1 amide bonds. The minimum Gasteiger partial charge on any atom is -0.334 e. The van der Waals surface area contributed by atoms with Crippen LogP contribution in [0.2, 0.25) is 4.34 Å². The highest BCUT2D eigenvalue weighted by atomic mass is 35.5. The molecule has 1 aliphatic heterocycles. The summed E-state index contributed by atoms with van der Waals surface area (Å²) >= 11 is 7.03. The molecule has 0 bridgehead atoms. The fourth-order valence-corrected chi connectivity index (χ4v) is 4.89. The lowest BCUT2D eigenvalue weighted by Crippen LogP contribution is -2.40. The van der Waals surface area contributed by atoms with E-state index < -0.39 is 9.84 Å². The fourth-order valence-electron chi connectivity index (χ4n) is 2.16. The Morgan fingerprint density at radius 3 is 2.72 bits per heavy atom. The van der Waals surface area contributed by atoms with E-state index in [0.29, 0.717) is 22.2 Å². The van der Waals surface area contributed by atoms with E-state index in [0.717, 1.165) is 0 Å². The second-order valence-corrected chi connectivity index (χ2v) is 8.20. The van der Waals surface area contributed by atoms with Crippen LogP contribution in [-0.4, -0.2) is 43.3 Å². The summed E-state index contributed by atoms with van der Waals surface area (Å²) in [5.41, 5.74) is 0. The van der Waals surface area contributed by atoms with Crippen molar-refractivity contribution < 1.29 is 13.2 Å². The third-order valence-corrected chi connectivity index (χ3v) is 6.00.